The summed E-state index contributed by atoms with van der Waals surface area (Å²) in [5.41, 5.74) is 1.25. The number of benzene rings is 1. The second-order valence-corrected chi connectivity index (χ2v) is 6.51. The largest absolute Gasteiger partial charge is 0.462 e. The van der Waals surface area contributed by atoms with Gasteiger partial charge in [0, 0.05) is 4.88 Å². The molecule has 0 fully saturated rings. The maximum Gasteiger partial charge on any atom is 0.338 e. The smallest absolute Gasteiger partial charge is 0.338 e. The molecule has 2 rings (SSSR count). The van der Waals surface area contributed by atoms with Gasteiger partial charge in [-0.1, -0.05) is 13.8 Å². The van der Waals surface area contributed by atoms with Crippen molar-refractivity contribution in [1.29, 1.82) is 0 Å². The van der Waals surface area contributed by atoms with Gasteiger partial charge in [0.2, 0.25) is 0 Å². The molecule has 5 nitrogen and oxygen atoms in total. The molecule has 0 amide bonds. The van der Waals surface area contributed by atoms with Crippen molar-refractivity contribution < 1.29 is 23.9 Å². The molecule has 0 N–H and O–H groups in total. The second-order valence-electron chi connectivity index (χ2n) is 5.39. The van der Waals surface area contributed by atoms with Crippen molar-refractivity contribution in [1.82, 2.24) is 0 Å². The summed E-state index contributed by atoms with van der Waals surface area (Å²) in [6.45, 7) is 4.44. The molecule has 0 bridgehead atoms. The Kier molecular flexibility index (Phi) is 6.89. The van der Waals surface area contributed by atoms with Crippen molar-refractivity contribution in [2.75, 3.05) is 13.2 Å². The minimum Gasteiger partial charge on any atom is -0.462 e. The monoisotopic (exact) mass is 360 g/mol. The number of rotatable bonds is 8. The number of hydrogen-bond acceptors (Lipinski definition) is 6. The molecule has 1 aromatic heterocycles. The summed E-state index contributed by atoms with van der Waals surface area (Å²) in [5.74, 6) is -0.971. The van der Waals surface area contributed by atoms with Gasteiger partial charge in [-0.3, -0.25) is 4.79 Å². The van der Waals surface area contributed by atoms with Gasteiger partial charge in [0.05, 0.1) is 29.2 Å². The molecule has 0 aliphatic carbocycles. The minimum absolute atomic E-state index is 0.287. The molecular formula is C19H20O5S. The van der Waals surface area contributed by atoms with Gasteiger partial charge < -0.3 is 9.47 Å². The highest BCUT2D eigenvalue weighted by Crippen LogP contribution is 2.29. The fourth-order valence-electron chi connectivity index (χ4n) is 2.13. The number of hydrogen-bond donors (Lipinski definition) is 0. The van der Waals surface area contributed by atoms with Crippen LogP contribution in [0.2, 0.25) is 0 Å². The third kappa shape index (κ3) is 5.00. The Balaban J connectivity index is 2.41. The summed E-state index contributed by atoms with van der Waals surface area (Å²) in [6.07, 6.45) is 2.19. The Hall–Kier alpha value is -2.47. The zero-order valence-electron chi connectivity index (χ0n) is 14.2. The first-order chi connectivity index (χ1) is 12.1. The van der Waals surface area contributed by atoms with Crippen LogP contribution >= 0.6 is 11.3 Å². The molecule has 0 spiro atoms. The number of carbonyl (C=O) groups excluding carboxylic acids is 3. The number of aldehydes is 1. The van der Waals surface area contributed by atoms with Gasteiger partial charge in [0.15, 0.2) is 6.29 Å². The van der Waals surface area contributed by atoms with Gasteiger partial charge in [0.1, 0.15) is 0 Å². The normalized spacial score (nSPS) is 10.3. The van der Waals surface area contributed by atoms with Gasteiger partial charge in [-0.2, -0.15) is 0 Å². The van der Waals surface area contributed by atoms with Gasteiger partial charge in [-0.05, 0) is 48.7 Å². The Morgan fingerprint density at radius 2 is 1.52 bits per heavy atom. The molecule has 25 heavy (non-hydrogen) atoms. The van der Waals surface area contributed by atoms with Gasteiger partial charge >= 0.3 is 11.9 Å². The number of ether oxygens (including phenoxy) is 2. The molecule has 2 aromatic rings. The van der Waals surface area contributed by atoms with E-state index in [-0.39, 0.29) is 11.1 Å². The van der Waals surface area contributed by atoms with Crippen LogP contribution in [0.5, 0.6) is 0 Å². The van der Waals surface area contributed by atoms with Crippen molar-refractivity contribution >= 4 is 29.6 Å². The Labute approximate surface area is 150 Å². The van der Waals surface area contributed by atoms with E-state index in [1.54, 1.807) is 24.3 Å². The third-order valence-corrected chi connectivity index (χ3v) is 4.37. The van der Waals surface area contributed by atoms with E-state index in [1.807, 2.05) is 13.8 Å². The minimum atomic E-state index is -0.486. The van der Waals surface area contributed by atoms with E-state index in [9.17, 15) is 14.4 Å². The van der Waals surface area contributed by atoms with E-state index in [1.165, 1.54) is 17.4 Å². The highest BCUT2D eigenvalue weighted by atomic mass is 32.1. The predicted molar refractivity (Wildman–Crippen MR) is 96.3 cm³/mol. The predicted octanol–water partition coefficient (Wildman–Crippen LogP) is 4.36. The third-order valence-electron chi connectivity index (χ3n) is 3.31. The lowest BCUT2D eigenvalue weighted by Crippen LogP contribution is -2.10. The first kappa shape index (κ1) is 18.9. The number of thiophene rings is 1. The molecule has 132 valence electrons. The Morgan fingerprint density at radius 1 is 0.960 bits per heavy atom. The van der Waals surface area contributed by atoms with Crippen LogP contribution in [0.15, 0.2) is 30.3 Å². The van der Waals surface area contributed by atoms with Crippen molar-refractivity contribution in [3.8, 4) is 10.4 Å². The zero-order chi connectivity index (χ0) is 18.2. The molecular weight excluding hydrogens is 340 g/mol. The number of esters is 2. The average Bonchev–Trinajstić information content (AvgIpc) is 3.13. The van der Waals surface area contributed by atoms with Crippen LogP contribution < -0.4 is 0 Å². The van der Waals surface area contributed by atoms with Gasteiger partial charge in [0.25, 0.3) is 0 Å². The Morgan fingerprint density at radius 3 is 1.96 bits per heavy atom. The van der Waals surface area contributed by atoms with Crippen LogP contribution in [-0.4, -0.2) is 31.4 Å². The topological polar surface area (TPSA) is 69.7 Å². The van der Waals surface area contributed by atoms with E-state index in [2.05, 4.69) is 0 Å². The van der Waals surface area contributed by atoms with E-state index >= 15 is 0 Å². The van der Waals surface area contributed by atoms with Crippen LogP contribution in [0.3, 0.4) is 0 Å². The fraction of sp³-hybridized carbons (Fsp3) is 0.316. The van der Waals surface area contributed by atoms with Crippen LogP contribution in [0.25, 0.3) is 10.4 Å². The summed E-state index contributed by atoms with van der Waals surface area (Å²) in [5, 5.41) is 0. The molecule has 6 heteroatoms. The van der Waals surface area contributed by atoms with E-state index in [0.717, 1.165) is 11.2 Å². The van der Waals surface area contributed by atoms with E-state index < -0.39 is 11.9 Å². The van der Waals surface area contributed by atoms with Crippen molar-refractivity contribution in [3.63, 3.8) is 0 Å². The van der Waals surface area contributed by atoms with Crippen LogP contribution in [-0.2, 0) is 9.47 Å². The van der Waals surface area contributed by atoms with Crippen LogP contribution in [0.1, 0.15) is 57.1 Å². The van der Waals surface area contributed by atoms with Crippen LogP contribution in [0.4, 0.5) is 0 Å². The molecule has 0 radical (unpaired) electrons. The first-order valence-electron chi connectivity index (χ1n) is 8.13. The highest BCUT2D eigenvalue weighted by molar-refractivity contribution is 7.17. The standard InChI is InChI=1S/C19H20O5S/c1-3-7-23-18(21)14-9-13(17-6-5-16(12-20)25-17)10-15(11-14)19(22)24-8-4-2/h5-6,9-12H,3-4,7-8H2,1-2H3. The summed E-state index contributed by atoms with van der Waals surface area (Å²) in [6, 6.07) is 8.29. The zero-order valence-corrected chi connectivity index (χ0v) is 15.1. The molecule has 0 saturated carbocycles. The quantitative estimate of drug-likeness (QED) is 0.517. The summed E-state index contributed by atoms with van der Waals surface area (Å²) < 4.78 is 10.3. The van der Waals surface area contributed by atoms with E-state index in [0.29, 0.717) is 36.5 Å². The highest BCUT2D eigenvalue weighted by Gasteiger charge is 2.16. The average molecular weight is 360 g/mol. The Bertz CT molecular complexity index is 725. The molecule has 0 saturated heterocycles. The lowest BCUT2D eigenvalue weighted by Gasteiger charge is -2.09. The maximum absolute atomic E-state index is 12.2. The SMILES string of the molecule is CCCOC(=O)c1cc(C(=O)OCCC)cc(-c2ccc(C=O)s2)c1. The van der Waals surface area contributed by atoms with Crippen molar-refractivity contribution in [2.45, 2.75) is 26.7 Å². The molecule has 0 unspecified atom stereocenters. The number of carbonyl (C=O) groups is 3. The lowest BCUT2D eigenvalue weighted by molar-refractivity contribution is 0.0503. The van der Waals surface area contributed by atoms with Crippen LogP contribution in [0, 0.1) is 0 Å². The maximum atomic E-state index is 12.2. The van der Waals surface area contributed by atoms with E-state index in [4.69, 9.17) is 9.47 Å². The molecule has 0 aliphatic rings. The summed E-state index contributed by atoms with van der Waals surface area (Å²) in [4.78, 5) is 36.7. The summed E-state index contributed by atoms with van der Waals surface area (Å²) >= 11 is 1.29. The molecule has 0 aliphatic heterocycles. The van der Waals surface area contributed by atoms with Gasteiger partial charge in [-0.15, -0.1) is 11.3 Å². The molecule has 1 aromatic carbocycles. The van der Waals surface area contributed by atoms with Crippen molar-refractivity contribution in [3.05, 3.63) is 46.3 Å². The van der Waals surface area contributed by atoms with Gasteiger partial charge in [-0.25, -0.2) is 9.59 Å². The molecule has 0 atom stereocenters. The lowest BCUT2D eigenvalue weighted by atomic mass is 10.0. The molecule has 1 heterocycles. The first-order valence-corrected chi connectivity index (χ1v) is 8.95. The summed E-state index contributed by atoms with van der Waals surface area (Å²) in [7, 11) is 0. The fourth-order valence-corrected chi connectivity index (χ4v) is 2.94. The second kappa shape index (κ2) is 9.13. The van der Waals surface area contributed by atoms with Crippen molar-refractivity contribution in [2.24, 2.45) is 0 Å².